The van der Waals surface area contributed by atoms with Crippen LogP contribution in [0.5, 0.6) is 0 Å². The van der Waals surface area contributed by atoms with Crippen molar-refractivity contribution < 1.29 is 17.2 Å². The first-order valence-corrected chi connectivity index (χ1v) is 6.87. The van der Waals surface area contributed by atoms with Crippen molar-refractivity contribution in [3.8, 4) is 0 Å². The van der Waals surface area contributed by atoms with E-state index in [9.17, 15) is 5.11 Å². The van der Waals surface area contributed by atoms with E-state index in [2.05, 4.69) is 0 Å². The summed E-state index contributed by atoms with van der Waals surface area (Å²) in [5.41, 5.74) is -2.10. The Hall–Kier alpha value is -0.355. The predicted molar refractivity (Wildman–Crippen MR) is 75.3 cm³/mol. The molecule has 1 saturated heterocycles. The number of hydrogen-bond acceptors (Lipinski definition) is 4. The monoisotopic (exact) mass is 270 g/mol. The van der Waals surface area contributed by atoms with E-state index in [1.54, 1.807) is 13.8 Å². The molecule has 1 aliphatic heterocycles. The van der Waals surface area contributed by atoms with Gasteiger partial charge in [0.25, 0.3) is 0 Å². The van der Waals surface area contributed by atoms with Gasteiger partial charge in [0.15, 0.2) is 0 Å². The normalized spacial score (nSPS) is 24.1. The highest BCUT2D eigenvalue weighted by Crippen LogP contribution is 2.37. The summed E-state index contributed by atoms with van der Waals surface area (Å²) in [5.74, 6) is 0. The maximum absolute atomic E-state index is 10.1. The standard InChI is InChI=1S/C13H21BO3S/c1-11(2,15)9-7-8-10(18-9)14-16-12(3,4)13(5,6)17-14/h7-8,15H,1-6H3/i7D,8D. The predicted octanol–water partition coefficient (Wildman–Crippen LogP) is 2.27. The van der Waals surface area contributed by atoms with Gasteiger partial charge in [-0.05, 0) is 47.6 Å². The van der Waals surface area contributed by atoms with Gasteiger partial charge in [0, 0.05) is 9.65 Å². The third-order valence-electron chi connectivity index (χ3n) is 3.53. The van der Waals surface area contributed by atoms with Crippen LogP contribution in [0.1, 0.15) is 49.2 Å². The molecule has 0 saturated carbocycles. The van der Waals surface area contributed by atoms with Gasteiger partial charge in [-0.1, -0.05) is 6.04 Å². The molecule has 2 rings (SSSR count). The van der Waals surface area contributed by atoms with Crippen molar-refractivity contribution in [2.24, 2.45) is 0 Å². The highest BCUT2D eigenvalue weighted by molar-refractivity contribution is 7.22. The van der Waals surface area contributed by atoms with Crippen LogP contribution in [0.4, 0.5) is 0 Å². The average Bonchev–Trinajstić information content (AvgIpc) is 2.63. The molecule has 0 aliphatic carbocycles. The molecule has 2 heterocycles. The molecule has 0 spiro atoms. The van der Waals surface area contributed by atoms with Crippen molar-refractivity contribution in [2.75, 3.05) is 0 Å². The third kappa shape index (κ3) is 2.37. The summed E-state index contributed by atoms with van der Waals surface area (Å²) in [5, 5.41) is 10.1. The Labute approximate surface area is 116 Å². The van der Waals surface area contributed by atoms with Crippen molar-refractivity contribution in [2.45, 2.75) is 58.3 Å². The minimum absolute atomic E-state index is 0.0483. The summed E-state index contributed by atoms with van der Waals surface area (Å²) in [4.78, 5) is 0.465. The van der Waals surface area contributed by atoms with E-state index in [-0.39, 0.29) is 12.1 Å². The Morgan fingerprint density at radius 3 is 2.11 bits per heavy atom. The molecule has 0 radical (unpaired) electrons. The lowest BCUT2D eigenvalue weighted by atomic mass is 9.88. The van der Waals surface area contributed by atoms with E-state index in [0.717, 1.165) is 0 Å². The van der Waals surface area contributed by atoms with Gasteiger partial charge in [0.1, 0.15) is 0 Å². The zero-order chi connectivity index (χ0) is 15.5. The van der Waals surface area contributed by atoms with Crippen molar-refractivity contribution in [3.05, 3.63) is 17.0 Å². The maximum Gasteiger partial charge on any atom is 0.505 e. The van der Waals surface area contributed by atoms with Gasteiger partial charge >= 0.3 is 7.12 Å². The lowest BCUT2D eigenvalue weighted by molar-refractivity contribution is 0.00578. The van der Waals surface area contributed by atoms with Crippen molar-refractivity contribution in [1.82, 2.24) is 0 Å². The van der Waals surface area contributed by atoms with Crippen molar-refractivity contribution in [1.29, 1.82) is 0 Å². The SMILES string of the molecule is [2H]c1c(B2OC(C)(C)C(C)(C)O2)sc(C(C)(C)O)c1[2H]. The summed E-state index contributed by atoms with van der Waals surface area (Å²) < 4.78 is 28.4. The lowest BCUT2D eigenvalue weighted by Gasteiger charge is -2.32. The molecular formula is C13H21BO3S. The molecule has 0 unspecified atom stereocenters. The van der Waals surface area contributed by atoms with Crippen LogP contribution in [0.25, 0.3) is 0 Å². The first-order valence-electron chi connectivity index (χ1n) is 7.05. The molecular weight excluding hydrogens is 247 g/mol. The molecule has 0 amide bonds. The fraction of sp³-hybridized carbons (Fsp3) is 0.692. The van der Waals surface area contributed by atoms with Crippen LogP contribution in [0, 0.1) is 0 Å². The zero-order valence-electron chi connectivity index (χ0n) is 13.7. The second-order valence-corrected chi connectivity index (χ2v) is 7.24. The molecule has 1 aromatic rings. The first kappa shape index (κ1) is 11.5. The van der Waals surface area contributed by atoms with Crippen molar-refractivity contribution >= 4 is 23.2 Å². The Balaban J connectivity index is 2.42. The highest BCUT2D eigenvalue weighted by atomic mass is 32.1. The Morgan fingerprint density at radius 2 is 1.72 bits per heavy atom. The summed E-state index contributed by atoms with van der Waals surface area (Å²) >= 11 is 1.22. The zero-order valence-corrected chi connectivity index (χ0v) is 12.6. The van der Waals surface area contributed by atoms with Crippen molar-refractivity contribution in [3.63, 3.8) is 0 Å². The van der Waals surface area contributed by atoms with E-state index < -0.39 is 23.9 Å². The van der Waals surface area contributed by atoms with E-state index in [4.69, 9.17) is 12.1 Å². The topological polar surface area (TPSA) is 38.7 Å². The molecule has 0 bridgehead atoms. The number of thiophene rings is 1. The summed E-state index contributed by atoms with van der Waals surface area (Å²) in [6, 6.07) is 0.123. The van der Waals surface area contributed by atoms with Gasteiger partial charge in [0.2, 0.25) is 0 Å². The second-order valence-electron chi connectivity index (χ2n) is 6.19. The first-order chi connectivity index (χ1) is 8.87. The van der Waals surface area contributed by atoms with Gasteiger partial charge in [-0.3, -0.25) is 0 Å². The number of hydrogen-bond donors (Lipinski definition) is 1. The van der Waals surface area contributed by atoms with Gasteiger partial charge in [-0.25, -0.2) is 0 Å². The van der Waals surface area contributed by atoms with Crippen LogP contribution in [0.2, 0.25) is 0 Å². The molecule has 1 fully saturated rings. The Morgan fingerprint density at radius 1 is 1.22 bits per heavy atom. The molecule has 3 nitrogen and oxygen atoms in total. The molecule has 1 aliphatic rings. The van der Waals surface area contributed by atoms with Crippen LogP contribution >= 0.6 is 11.3 Å². The fourth-order valence-electron chi connectivity index (χ4n) is 1.61. The summed E-state index contributed by atoms with van der Waals surface area (Å²) in [6.07, 6.45) is 0. The van der Waals surface area contributed by atoms with E-state index in [1.807, 2.05) is 27.7 Å². The molecule has 100 valence electrons. The Kier molecular flexibility index (Phi) is 2.59. The summed E-state index contributed by atoms with van der Waals surface area (Å²) in [7, 11) is -0.655. The van der Waals surface area contributed by atoms with Crippen LogP contribution in [0.15, 0.2) is 12.1 Å². The van der Waals surface area contributed by atoms with Gasteiger partial charge in [-0.2, -0.15) is 0 Å². The van der Waals surface area contributed by atoms with E-state index in [1.165, 1.54) is 11.3 Å². The quantitative estimate of drug-likeness (QED) is 0.838. The molecule has 0 atom stereocenters. The number of rotatable bonds is 2. The maximum atomic E-state index is 10.1. The van der Waals surface area contributed by atoms with Gasteiger partial charge < -0.3 is 14.4 Å². The van der Waals surface area contributed by atoms with Crippen LogP contribution in [-0.2, 0) is 14.9 Å². The molecule has 18 heavy (non-hydrogen) atoms. The molecule has 1 aromatic heterocycles. The van der Waals surface area contributed by atoms with Crippen LogP contribution < -0.4 is 4.78 Å². The van der Waals surface area contributed by atoms with E-state index >= 15 is 0 Å². The molecule has 5 heteroatoms. The van der Waals surface area contributed by atoms with Crippen LogP contribution in [-0.4, -0.2) is 23.4 Å². The van der Waals surface area contributed by atoms with E-state index in [0.29, 0.717) is 9.65 Å². The van der Waals surface area contributed by atoms with Gasteiger partial charge in [-0.15, -0.1) is 11.3 Å². The molecule has 0 aromatic carbocycles. The second kappa shape index (κ2) is 4.07. The minimum Gasteiger partial charge on any atom is -0.399 e. The smallest absolute Gasteiger partial charge is 0.399 e. The average molecular weight is 270 g/mol. The Bertz CT molecular complexity index is 518. The third-order valence-corrected chi connectivity index (χ3v) is 4.85. The van der Waals surface area contributed by atoms with Crippen LogP contribution in [0.3, 0.4) is 0 Å². The highest BCUT2D eigenvalue weighted by Gasteiger charge is 2.52. The number of aliphatic hydroxyl groups is 1. The van der Waals surface area contributed by atoms with Gasteiger partial charge in [0.05, 0.1) is 19.5 Å². The lowest BCUT2D eigenvalue weighted by Crippen LogP contribution is -2.41. The molecule has 1 N–H and O–H groups in total. The minimum atomic E-state index is -1.14. The fourth-order valence-corrected chi connectivity index (χ4v) is 2.48. The summed E-state index contributed by atoms with van der Waals surface area (Å²) in [6.45, 7) is 11.0. The largest absolute Gasteiger partial charge is 0.505 e.